The molecule has 0 saturated carbocycles. The Morgan fingerprint density at radius 3 is 2.28 bits per heavy atom. The van der Waals surface area contributed by atoms with E-state index in [9.17, 15) is 24.3 Å². The lowest BCUT2D eigenvalue weighted by atomic mass is 10.0. The van der Waals surface area contributed by atoms with Crippen molar-refractivity contribution < 1.29 is 33.8 Å². The smallest absolute Gasteiger partial charge is 0.408 e. The maximum Gasteiger partial charge on any atom is 0.408 e. The van der Waals surface area contributed by atoms with E-state index in [1.165, 1.54) is 12.0 Å². The van der Waals surface area contributed by atoms with Gasteiger partial charge in [-0.15, -0.1) is 13.2 Å². The number of alkyl carbamates (subject to hydrolysis) is 1. The summed E-state index contributed by atoms with van der Waals surface area (Å²) in [5.41, 5.74) is -0.748. The second-order valence-electron chi connectivity index (χ2n) is 9.97. The zero-order chi connectivity index (χ0) is 27.3. The van der Waals surface area contributed by atoms with Crippen molar-refractivity contribution in [2.45, 2.75) is 102 Å². The lowest BCUT2D eigenvalue weighted by Gasteiger charge is -2.30. The number of β-amino-alcohol motifs (C(OH)–C–C–N with tert-alkyl or cyclic N) is 1. The molecule has 4 atom stereocenters. The van der Waals surface area contributed by atoms with Gasteiger partial charge in [-0.05, 0) is 52.9 Å². The van der Waals surface area contributed by atoms with E-state index in [4.69, 9.17) is 9.47 Å². The average Bonchev–Trinajstić information content (AvgIpc) is 3.20. The zero-order valence-electron chi connectivity index (χ0n) is 22.1. The van der Waals surface area contributed by atoms with Crippen molar-refractivity contribution in [3.8, 4) is 0 Å². The first-order valence-electron chi connectivity index (χ1n) is 12.5. The van der Waals surface area contributed by atoms with Gasteiger partial charge < -0.3 is 30.1 Å². The third kappa shape index (κ3) is 10.8. The number of nitrogens with zero attached hydrogens (tertiary/aromatic N) is 1. The molecule has 204 valence electrons. The number of carbonyl (C=O) groups is 4. The summed E-state index contributed by atoms with van der Waals surface area (Å²) in [6.45, 7) is 12.4. The van der Waals surface area contributed by atoms with Crippen LogP contribution in [0.4, 0.5) is 4.79 Å². The van der Waals surface area contributed by atoms with Gasteiger partial charge in [0.2, 0.25) is 11.8 Å². The number of hydrogen-bond donors (Lipinski definition) is 3. The molecule has 0 aliphatic carbocycles. The topological polar surface area (TPSA) is 134 Å². The fourth-order valence-electron chi connectivity index (χ4n) is 3.97. The molecule has 0 bridgehead atoms. The summed E-state index contributed by atoms with van der Waals surface area (Å²) in [4.78, 5) is 52.5. The first-order chi connectivity index (χ1) is 16.9. The van der Waals surface area contributed by atoms with Crippen molar-refractivity contribution in [2.75, 3.05) is 13.7 Å². The number of unbranched alkanes of at least 4 members (excludes halogenated alkanes) is 3. The minimum atomic E-state index is -0.993. The number of likely N-dealkylation sites (tertiary alicyclic amines) is 1. The highest BCUT2D eigenvalue weighted by Gasteiger charge is 2.42. The highest BCUT2D eigenvalue weighted by molar-refractivity contribution is 5.93. The molecule has 10 heteroatoms. The van der Waals surface area contributed by atoms with Crippen LogP contribution in [0, 0.1) is 0 Å². The Labute approximate surface area is 214 Å². The quantitative estimate of drug-likeness (QED) is 0.186. The third-order valence-electron chi connectivity index (χ3n) is 5.72. The molecule has 1 aliphatic rings. The molecule has 1 rings (SSSR count). The minimum absolute atomic E-state index is 0.0193. The number of nitrogens with one attached hydrogen (secondary N) is 2. The van der Waals surface area contributed by atoms with E-state index >= 15 is 0 Å². The van der Waals surface area contributed by atoms with Crippen molar-refractivity contribution >= 4 is 23.9 Å². The number of aliphatic hydroxyl groups is 1. The minimum Gasteiger partial charge on any atom is -0.467 e. The number of ether oxygens (including phenoxy) is 2. The lowest BCUT2D eigenvalue weighted by Crippen LogP contribution is -2.55. The number of carbonyl (C=O) groups excluding carboxylic acids is 4. The van der Waals surface area contributed by atoms with Gasteiger partial charge in [0, 0.05) is 13.0 Å². The zero-order valence-corrected chi connectivity index (χ0v) is 22.1. The second-order valence-corrected chi connectivity index (χ2v) is 9.97. The molecular weight excluding hydrogens is 466 g/mol. The van der Waals surface area contributed by atoms with Gasteiger partial charge in [-0.25, -0.2) is 9.59 Å². The Balaban J connectivity index is 3.02. The van der Waals surface area contributed by atoms with Gasteiger partial charge in [-0.1, -0.05) is 25.0 Å². The second kappa shape index (κ2) is 15.3. The van der Waals surface area contributed by atoms with Crippen molar-refractivity contribution in [3.05, 3.63) is 25.3 Å². The van der Waals surface area contributed by atoms with Crippen LogP contribution < -0.4 is 10.6 Å². The van der Waals surface area contributed by atoms with E-state index in [1.807, 2.05) is 6.08 Å². The number of rotatable bonds is 14. The number of aliphatic hydroxyl groups excluding tert-OH is 1. The number of amides is 3. The van der Waals surface area contributed by atoms with Crippen LogP contribution in [-0.2, 0) is 23.9 Å². The molecule has 10 nitrogen and oxygen atoms in total. The first-order valence-corrected chi connectivity index (χ1v) is 12.5. The fourth-order valence-corrected chi connectivity index (χ4v) is 3.97. The average molecular weight is 510 g/mol. The molecule has 0 radical (unpaired) electrons. The lowest BCUT2D eigenvalue weighted by molar-refractivity contribution is -0.146. The van der Waals surface area contributed by atoms with E-state index in [2.05, 4.69) is 23.8 Å². The number of hydrogen-bond acceptors (Lipinski definition) is 7. The molecular formula is C26H43N3O7. The predicted octanol–water partition coefficient (Wildman–Crippen LogP) is 2.60. The normalized spacial score (nSPS) is 19.1. The first kappa shape index (κ1) is 31.2. The number of esters is 1. The molecule has 3 unspecified atom stereocenters. The molecule has 1 saturated heterocycles. The highest BCUT2D eigenvalue weighted by Crippen LogP contribution is 2.22. The van der Waals surface area contributed by atoms with Crippen molar-refractivity contribution in [1.82, 2.24) is 15.5 Å². The number of allylic oxidation sites excluding steroid dienone is 2. The van der Waals surface area contributed by atoms with Gasteiger partial charge >= 0.3 is 12.1 Å². The molecule has 3 N–H and O–H groups in total. The Morgan fingerprint density at radius 1 is 1.03 bits per heavy atom. The monoisotopic (exact) mass is 509 g/mol. The molecule has 0 aromatic carbocycles. The summed E-state index contributed by atoms with van der Waals surface area (Å²) < 4.78 is 10.1. The van der Waals surface area contributed by atoms with Crippen LogP contribution >= 0.6 is 0 Å². The van der Waals surface area contributed by atoms with Crippen LogP contribution in [0.25, 0.3) is 0 Å². The van der Waals surface area contributed by atoms with Gasteiger partial charge in [0.25, 0.3) is 0 Å². The van der Waals surface area contributed by atoms with Gasteiger partial charge in [0.15, 0.2) is 0 Å². The van der Waals surface area contributed by atoms with Crippen LogP contribution in [0.2, 0.25) is 0 Å². The maximum atomic E-state index is 13.5. The summed E-state index contributed by atoms with van der Waals surface area (Å²) in [6, 6.07) is -2.83. The molecule has 1 heterocycles. The van der Waals surface area contributed by atoms with Crippen LogP contribution in [0.1, 0.15) is 72.1 Å². The third-order valence-corrected chi connectivity index (χ3v) is 5.72. The SMILES string of the molecule is C=CCCCCCC(NC(=O)OC(C)(C)C)C(=O)N1C[C@@H](O)CC1C(=O)NC(CCC=C)C(=O)OC. The predicted molar refractivity (Wildman–Crippen MR) is 136 cm³/mol. The highest BCUT2D eigenvalue weighted by atomic mass is 16.6. The molecule has 0 spiro atoms. The summed E-state index contributed by atoms with van der Waals surface area (Å²) in [7, 11) is 1.23. The Hall–Kier alpha value is -2.88. The van der Waals surface area contributed by atoms with E-state index in [0.29, 0.717) is 25.7 Å². The van der Waals surface area contributed by atoms with E-state index in [0.717, 1.165) is 19.3 Å². The molecule has 1 fully saturated rings. The van der Waals surface area contributed by atoms with Crippen LogP contribution in [0.5, 0.6) is 0 Å². The van der Waals surface area contributed by atoms with Crippen LogP contribution in [0.15, 0.2) is 25.3 Å². The molecule has 1 aliphatic heterocycles. The maximum absolute atomic E-state index is 13.5. The van der Waals surface area contributed by atoms with Gasteiger partial charge in [0.1, 0.15) is 23.7 Å². The standard InChI is InChI=1S/C26H43N3O7/c1-7-9-11-12-13-15-19(28-25(34)36-26(3,4)5)23(32)29-17-18(30)16-21(29)22(31)27-20(14-10-8-2)24(33)35-6/h7-8,18-21,30H,1-2,9-17H2,3-6H3,(H,27,31)(H,28,34)/t18-,19?,20?,21?/m0/s1. The van der Waals surface area contributed by atoms with E-state index < -0.39 is 53.7 Å². The Kier molecular flexibility index (Phi) is 13.2. The van der Waals surface area contributed by atoms with Crippen molar-refractivity contribution in [1.29, 1.82) is 0 Å². The molecule has 3 amide bonds. The van der Waals surface area contributed by atoms with Crippen LogP contribution in [0.3, 0.4) is 0 Å². The van der Waals surface area contributed by atoms with E-state index in [1.54, 1.807) is 26.8 Å². The Bertz CT molecular complexity index is 778. The van der Waals surface area contributed by atoms with E-state index in [-0.39, 0.29) is 13.0 Å². The largest absolute Gasteiger partial charge is 0.467 e. The molecule has 0 aromatic rings. The summed E-state index contributed by atoms with van der Waals surface area (Å²) in [5.74, 6) is -1.66. The van der Waals surface area contributed by atoms with Gasteiger partial charge in [0.05, 0.1) is 13.2 Å². The van der Waals surface area contributed by atoms with Crippen molar-refractivity contribution in [3.63, 3.8) is 0 Å². The summed E-state index contributed by atoms with van der Waals surface area (Å²) in [6.07, 6.45) is 6.20. The summed E-state index contributed by atoms with van der Waals surface area (Å²) in [5, 5.41) is 15.6. The molecule has 36 heavy (non-hydrogen) atoms. The molecule has 0 aromatic heterocycles. The Morgan fingerprint density at radius 2 is 1.69 bits per heavy atom. The van der Waals surface area contributed by atoms with Crippen LogP contribution in [-0.4, -0.2) is 77.4 Å². The van der Waals surface area contributed by atoms with Crippen molar-refractivity contribution in [2.24, 2.45) is 0 Å². The summed E-state index contributed by atoms with van der Waals surface area (Å²) >= 11 is 0. The van der Waals surface area contributed by atoms with Gasteiger partial charge in [-0.2, -0.15) is 0 Å². The fraction of sp³-hybridized carbons (Fsp3) is 0.692. The van der Waals surface area contributed by atoms with Gasteiger partial charge in [-0.3, -0.25) is 9.59 Å². The number of methoxy groups -OCH3 is 1.